The molecular weight excluding hydrogens is 568 g/mol. The molecule has 45 heavy (non-hydrogen) atoms. The van der Waals surface area contributed by atoms with Gasteiger partial charge in [-0.15, -0.1) is 13.2 Å². The van der Waals surface area contributed by atoms with E-state index in [0.717, 1.165) is 18.8 Å². The Labute approximate surface area is 266 Å². The largest absolute Gasteiger partial charge is 0.395 e. The van der Waals surface area contributed by atoms with Crippen molar-refractivity contribution in [3.63, 3.8) is 0 Å². The maximum atomic E-state index is 14.8. The van der Waals surface area contributed by atoms with Crippen LogP contribution in [0.25, 0.3) is 0 Å². The summed E-state index contributed by atoms with van der Waals surface area (Å²) < 4.78 is 6.95. The van der Waals surface area contributed by atoms with E-state index < -0.39 is 29.1 Å². The molecule has 3 aliphatic rings. The number of aliphatic hydroxyl groups excluding tert-OH is 1. The Hall–Kier alpha value is -3.95. The number of ether oxygens (including phenoxy) is 1. The molecule has 2 bridgehead atoms. The van der Waals surface area contributed by atoms with Gasteiger partial charge in [0.15, 0.2) is 0 Å². The Balaban J connectivity index is 1.57. The number of carbonyl (C=O) groups is 3. The van der Waals surface area contributed by atoms with Crippen LogP contribution in [0.3, 0.4) is 0 Å². The molecule has 9 nitrogen and oxygen atoms in total. The highest BCUT2D eigenvalue weighted by atomic mass is 16.5. The van der Waals surface area contributed by atoms with Crippen molar-refractivity contribution >= 4 is 34.8 Å². The van der Waals surface area contributed by atoms with Gasteiger partial charge in [-0.05, 0) is 69.5 Å². The number of benzene rings is 2. The molecule has 1 N–H and O–H groups in total. The summed E-state index contributed by atoms with van der Waals surface area (Å²) in [5.74, 6) is -2.48. The average molecular weight is 615 g/mol. The lowest BCUT2D eigenvalue weighted by Gasteiger charge is -2.37. The van der Waals surface area contributed by atoms with E-state index in [0.29, 0.717) is 30.6 Å². The van der Waals surface area contributed by atoms with Crippen LogP contribution in [0.2, 0.25) is 0 Å². The summed E-state index contributed by atoms with van der Waals surface area (Å²) in [4.78, 5) is 50.7. The van der Waals surface area contributed by atoms with Crippen molar-refractivity contribution in [3.05, 3.63) is 79.9 Å². The smallest absolute Gasteiger partial charge is 0.253 e. The highest BCUT2D eigenvalue weighted by Gasteiger charge is 2.79. The molecule has 3 aliphatic heterocycles. The molecule has 0 aromatic heterocycles. The molecule has 1 spiro atoms. The highest BCUT2D eigenvalue weighted by Crippen LogP contribution is 2.64. The van der Waals surface area contributed by atoms with E-state index in [1.807, 2.05) is 61.5 Å². The van der Waals surface area contributed by atoms with E-state index >= 15 is 0 Å². The Bertz CT molecular complexity index is 1410. The summed E-state index contributed by atoms with van der Waals surface area (Å²) in [5, 5.41) is 10.1. The molecule has 0 saturated carbocycles. The number of rotatable bonds is 14. The fourth-order valence-electron chi connectivity index (χ4n) is 7.98. The minimum atomic E-state index is -1.20. The predicted molar refractivity (Wildman–Crippen MR) is 177 cm³/mol. The SMILES string of the molecule is C=CCN(C(=O)C1N(CCO)C(=O)[C@@H]2[C@H](C(=O)N(CC=C)c3ccccc3)[C@]3(CC)CCC12O3)c1ccc(N(CC)CC)cc1. The first-order valence-corrected chi connectivity index (χ1v) is 16.1. The van der Waals surface area contributed by atoms with Gasteiger partial charge in [0.05, 0.1) is 24.0 Å². The normalized spacial score (nSPS) is 26.4. The van der Waals surface area contributed by atoms with E-state index in [1.165, 1.54) is 4.90 Å². The average Bonchev–Trinajstić information content (AvgIpc) is 3.67. The number of anilines is 3. The van der Waals surface area contributed by atoms with Crippen molar-refractivity contribution in [2.24, 2.45) is 11.8 Å². The second kappa shape index (κ2) is 13.2. The van der Waals surface area contributed by atoms with Gasteiger partial charge in [-0.1, -0.05) is 37.3 Å². The van der Waals surface area contributed by atoms with Crippen LogP contribution in [-0.2, 0) is 19.1 Å². The van der Waals surface area contributed by atoms with E-state index in [-0.39, 0.29) is 44.0 Å². The van der Waals surface area contributed by atoms with Gasteiger partial charge in [0, 0.05) is 49.8 Å². The van der Waals surface area contributed by atoms with Gasteiger partial charge in [0.1, 0.15) is 11.6 Å². The summed E-state index contributed by atoms with van der Waals surface area (Å²) in [5.41, 5.74) is 0.360. The molecule has 3 fully saturated rings. The molecule has 3 saturated heterocycles. The van der Waals surface area contributed by atoms with Crippen LogP contribution >= 0.6 is 0 Å². The van der Waals surface area contributed by atoms with Gasteiger partial charge < -0.3 is 29.4 Å². The van der Waals surface area contributed by atoms with Crippen LogP contribution in [0, 0.1) is 11.8 Å². The van der Waals surface area contributed by atoms with E-state index in [9.17, 15) is 19.5 Å². The first-order chi connectivity index (χ1) is 21.8. The Kier molecular flexibility index (Phi) is 9.51. The zero-order valence-electron chi connectivity index (χ0n) is 26.7. The fourth-order valence-corrected chi connectivity index (χ4v) is 7.98. The summed E-state index contributed by atoms with van der Waals surface area (Å²) >= 11 is 0. The quantitative estimate of drug-likeness (QED) is 0.317. The standard InChI is InChI=1S/C36H46N4O5/c1-6-22-38(27-14-12-11-13-15-27)32(42)29-30-33(43)40(24-25-41)31(36(30)21-20-35(29,8-3)45-36)34(44)39(23-7-2)28-18-16-26(17-19-28)37(9-4)10-5/h6-7,11-19,29-31,41H,1-2,8-10,20-25H2,3-5H3/t29-,30+,31?,35+,36?/m1/s1. The van der Waals surface area contributed by atoms with Crippen molar-refractivity contribution in [3.8, 4) is 0 Å². The molecular formula is C36H46N4O5. The number of β-amino-alcohol motifs (C(OH)–C–C–N with tert-alkyl or cyclic N) is 1. The van der Waals surface area contributed by atoms with Crippen molar-refractivity contribution in [2.75, 3.05) is 54.0 Å². The van der Waals surface area contributed by atoms with Gasteiger partial charge in [0.25, 0.3) is 5.91 Å². The summed E-state index contributed by atoms with van der Waals surface area (Å²) in [6.45, 7) is 15.8. The first kappa shape index (κ1) is 32.4. The number of aliphatic hydroxyl groups is 1. The van der Waals surface area contributed by atoms with Crippen LogP contribution in [0.15, 0.2) is 79.9 Å². The molecule has 5 atom stereocenters. The third-order valence-corrected chi connectivity index (χ3v) is 10.0. The van der Waals surface area contributed by atoms with Gasteiger partial charge >= 0.3 is 0 Å². The first-order valence-electron chi connectivity index (χ1n) is 16.1. The number of para-hydroxylation sites is 1. The number of likely N-dealkylation sites (tertiary alicyclic amines) is 1. The van der Waals surface area contributed by atoms with E-state index in [2.05, 4.69) is 31.9 Å². The summed E-state index contributed by atoms with van der Waals surface area (Å²) in [6.07, 6.45) is 4.88. The molecule has 5 rings (SSSR count). The van der Waals surface area contributed by atoms with Gasteiger partial charge in [-0.3, -0.25) is 14.4 Å². The maximum Gasteiger partial charge on any atom is 0.253 e. The molecule has 0 aliphatic carbocycles. The molecule has 2 aromatic carbocycles. The molecule has 2 aromatic rings. The third-order valence-electron chi connectivity index (χ3n) is 10.0. The third kappa shape index (κ3) is 5.25. The second-order valence-corrected chi connectivity index (χ2v) is 12.1. The minimum Gasteiger partial charge on any atom is -0.395 e. The zero-order chi connectivity index (χ0) is 32.4. The predicted octanol–water partition coefficient (Wildman–Crippen LogP) is 4.42. The Morgan fingerprint density at radius 2 is 1.49 bits per heavy atom. The number of carbonyl (C=O) groups excluding carboxylic acids is 3. The molecule has 2 unspecified atom stereocenters. The Morgan fingerprint density at radius 1 is 0.911 bits per heavy atom. The number of hydrogen-bond donors (Lipinski definition) is 1. The van der Waals surface area contributed by atoms with Crippen molar-refractivity contribution in [2.45, 2.75) is 57.3 Å². The molecule has 3 amide bonds. The van der Waals surface area contributed by atoms with Crippen molar-refractivity contribution in [1.82, 2.24) is 4.90 Å². The number of nitrogens with zero attached hydrogens (tertiary/aromatic N) is 4. The van der Waals surface area contributed by atoms with Crippen LogP contribution < -0.4 is 14.7 Å². The monoisotopic (exact) mass is 614 g/mol. The van der Waals surface area contributed by atoms with Crippen LogP contribution in [-0.4, -0.2) is 84.3 Å². The van der Waals surface area contributed by atoms with Crippen molar-refractivity contribution < 1.29 is 24.2 Å². The zero-order valence-corrected chi connectivity index (χ0v) is 26.7. The highest BCUT2D eigenvalue weighted by molar-refractivity contribution is 6.07. The van der Waals surface area contributed by atoms with Crippen LogP contribution in [0.5, 0.6) is 0 Å². The minimum absolute atomic E-state index is 0.0330. The maximum absolute atomic E-state index is 14.8. The summed E-state index contributed by atoms with van der Waals surface area (Å²) in [6, 6.07) is 16.2. The Morgan fingerprint density at radius 3 is 2.04 bits per heavy atom. The van der Waals surface area contributed by atoms with Gasteiger partial charge in [-0.2, -0.15) is 0 Å². The fraction of sp³-hybridized carbons (Fsp3) is 0.472. The van der Waals surface area contributed by atoms with E-state index in [4.69, 9.17) is 4.74 Å². The topological polar surface area (TPSA) is 93.6 Å². The number of amides is 3. The lowest BCUT2D eigenvalue weighted by atomic mass is 9.64. The van der Waals surface area contributed by atoms with Crippen molar-refractivity contribution in [1.29, 1.82) is 0 Å². The van der Waals surface area contributed by atoms with Crippen LogP contribution in [0.4, 0.5) is 17.1 Å². The summed E-state index contributed by atoms with van der Waals surface area (Å²) in [7, 11) is 0. The van der Waals surface area contributed by atoms with Gasteiger partial charge in [-0.25, -0.2) is 0 Å². The molecule has 9 heteroatoms. The number of hydrogen-bond acceptors (Lipinski definition) is 6. The number of fused-ring (bicyclic) bond motifs is 1. The molecule has 240 valence electrons. The van der Waals surface area contributed by atoms with Gasteiger partial charge in [0.2, 0.25) is 11.8 Å². The molecule has 3 heterocycles. The van der Waals surface area contributed by atoms with Crippen LogP contribution in [0.1, 0.15) is 40.0 Å². The second-order valence-electron chi connectivity index (χ2n) is 12.1. The molecule has 0 radical (unpaired) electrons. The van der Waals surface area contributed by atoms with E-state index in [1.54, 1.807) is 22.0 Å². The lowest BCUT2D eigenvalue weighted by Crippen LogP contribution is -2.57. The lowest BCUT2D eigenvalue weighted by molar-refractivity contribution is -0.146.